The van der Waals surface area contributed by atoms with E-state index in [1.165, 1.54) is 10.3 Å². The van der Waals surface area contributed by atoms with Gasteiger partial charge >= 0.3 is 0 Å². The Hall–Kier alpha value is -3.12. The Balaban J connectivity index is 1.58. The minimum absolute atomic E-state index is 0.171. The maximum Gasteiger partial charge on any atom is 0.272 e. The molecule has 1 amide bonds. The Bertz CT molecular complexity index is 1130. The number of pyridine rings is 1. The number of aromatic nitrogens is 1. The number of hydrogen-bond donors (Lipinski definition) is 1. The number of benzene rings is 2. The number of nitrogens with one attached hydrogen (secondary N) is 1. The lowest BCUT2D eigenvalue weighted by molar-refractivity contribution is 0.101. The van der Waals surface area contributed by atoms with Crippen molar-refractivity contribution < 1.29 is 4.79 Å². The Morgan fingerprint density at radius 2 is 1.69 bits per heavy atom. The van der Waals surface area contributed by atoms with Crippen LogP contribution < -0.4 is 15.8 Å². The molecule has 0 atom stereocenters. The summed E-state index contributed by atoms with van der Waals surface area (Å²) in [5.74, 6) is -0.286. The molecule has 0 bridgehead atoms. The van der Waals surface area contributed by atoms with Crippen LogP contribution in [0.1, 0.15) is 16.1 Å². The van der Waals surface area contributed by atoms with Crippen molar-refractivity contribution in [3.8, 4) is 0 Å². The lowest BCUT2D eigenvalue weighted by atomic mass is 10.1. The van der Waals surface area contributed by atoms with E-state index in [4.69, 9.17) is 0 Å². The van der Waals surface area contributed by atoms with Crippen molar-refractivity contribution in [3.63, 3.8) is 0 Å². The average molecular weight is 390 g/mol. The minimum atomic E-state index is -0.286. The van der Waals surface area contributed by atoms with Crippen LogP contribution in [0.4, 0.5) is 11.4 Å². The molecule has 0 saturated carbocycles. The maximum absolute atomic E-state index is 12.9. The SMILES string of the molecule is Cc1cc(N2CCN(C)CC2)ccc1NC(=O)c1cc2ccccc2c(=O)n1C. The standard InChI is InChI=1S/C23H26N4O2/c1-16-14-18(27-12-10-25(2)11-13-27)8-9-20(16)24-22(28)21-15-17-6-4-5-7-19(17)23(29)26(21)3/h4-9,14-15H,10-13H2,1-3H3,(H,24,28). The van der Waals surface area contributed by atoms with Gasteiger partial charge in [0.1, 0.15) is 5.69 Å². The molecule has 0 radical (unpaired) electrons. The van der Waals surface area contributed by atoms with E-state index in [-0.39, 0.29) is 11.5 Å². The van der Waals surface area contributed by atoms with Crippen LogP contribution in [0.5, 0.6) is 0 Å². The first-order valence-electron chi connectivity index (χ1n) is 9.88. The third-order valence-corrected chi connectivity index (χ3v) is 5.71. The molecule has 4 rings (SSSR count). The van der Waals surface area contributed by atoms with Crippen molar-refractivity contribution in [3.05, 3.63) is 70.1 Å². The van der Waals surface area contributed by atoms with Gasteiger partial charge in [0, 0.05) is 50.0 Å². The Morgan fingerprint density at radius 3 is 2.41 bits per heavy atom. The average Bonchev–Trinajstić information content (AvgIpc) is 2.72. The van der Waals surface area contributed by atoms with Crippen LogP contribution in [0, 0.1) is 6.92 Å². The fourth-order valence-electron chi connectivity index (χ4n) is 3.81. The Kier molecular flexibility index (Phi) is 5.11. The summed E-state index contributed by atoms with van der Waals surface area (Å²) >= 11 is 0. The third-order valence-electron chi connectivity index (χ3n) is 5.71. The molecule has 2 aromatic carbocycles. The minimum Gasteiger partial charge on any atom is -0.369 e. The molecular formula is C23H26N4O2. The highest BCUT2D eigenvalue weighted by atomic mass is 16.2. The third kappa shape index (κ3) is 3.76. The molecule has 150 valence electrons. The monoisotopic (exact) mass is 390 g/mol. The van der Waals surface area contributed by atoms with E-state index >= 15 is 0 Å². The highest BCUT2D eigenvalue weighted by Crippen LogP contribution is 2.24. The molecule has 29 heavy (non-hydrogen) atoms. The zero-order valence-corrected chi connectivity index (χ0v) is 17.1. The number of likely N-dealkylation sites (N-methyl/N-ethyl adjacent to an activating group) is 1. The van der Waals surface area contributed by atoms with Crippen LogP contribution in [0.15, 0.2) is 53.3 Å². The number of carbonyl (C=O) groups excluding carboxylic acids is 1. The fourth-order valence-corrected chi connectivity index (χ4v) is 3.81. The van der Waals surface area contributed by atoms with Gasteiger partial charge in [0.2, 0.25) is 0 Å². The molecule has 0 aliphatic carbocycles. The number of hydrogen-bond acceptors (Lipinski definition) is 4. The van der Waals surface area contributed by atoms with Gasteiger partial charge in [-0.15, -0.1) is 0 Å². The molecule has 6 heteroatoms. The molecule has 1 saturated heterocycles. The van der Waals surface area contributed by atoms with Crippen molar-refractivity contribution in [1.82, 2.24) is 9.47 Å². The summed E-state index contributed by atoms with van der Waals surface area (Å²) in [5, 5.41) is 4.35. The molecule has 1 aliphatic rings. The summed E-state index contributed by atoms with van der Waals surface area (Å²) in [6.07, 6.45) is 0. The summed E-state index contributed by atoms with van der Waals surface area (Å²) in [6.45, 7) is 6.09. The van der Waals surface area contributed by atoms with Gasteiger partial charge < -0.3 is 19.7 Å². The molecular weight excluding hydrogens is 364 g/mol. The van der Waals surface area contributed by atoms with Gasteiger partial charge in [0.25, 0.3) is 11.5 Å². The number of amides is 1. The second kappa shape index (κ2) is 7.72. The quantitative estimate of drug-likeness (QED) is 0.747. The normalized spacial score (nSPS) is 14.9. The maximum atomic E-state index is 12.9. The van der Waals surface area contributed by atoms with E-state index in [0.29, 0.717) is 11.1 Å². The van der Waals surface area contributed by atoms with Crippen LogP contribution in [0.3, 0.4) is 0 Å². The van der Waals surface area contributed by atoms with E-state index in [9.17, 15) is 9.59 Å². The molecule has 2 heterocycles. The largest absolute Gasteiger partial charge is 0.369 e. The van der Waals surface area contributed by atoms with Gasteiger partial charge in [-0.2, -0.15) is 0 Å². The van der Waals surface area contributed by atoms with Gasteiger partial charge in [0.05, 0.1) is 0 Å². The topological polar surface area (TPSA) is 57.6 Å². The highest BCUT2D eigenvalue weighted by Gasteiger charge is 2.17. The second-order valence-electron chi connectivity index (χ2n) is 7.72. The molecule has 3 aromatic rings. The van der Waals surface area contributed by atoms with Crippen LogP contribution in [-0.2, 0) is 7.05 Å². The molecule has 1 aromatic heterocycles. The van der Waals surface area contributed by atoms with Gasteiger partial charge in [0.15, 0.2) is 0 Å². The number of anilines is 2. The predicted molar refractivity (Wildman–Crippen MR) is 118 cm³/mol. The van der Waals surface area contributed by atoms with Crippen LogP contribution >= 0.6 is 0 Å². The van der Waals surface area contributed by atoms with Crippen LogP contribution in [-0.4, -0.2) is 48.6 Å². The van der Waals surface area contributed by atoms with Gasteiger partial charge in [-0.1, -0.05) is 18.2 Å². The van der Waals surface area contributed by atoms with Crippen LogP contribution in [0.2, 0.25) is 0 Å². The van der Waals surface area contributed by atoms with E-state index < -0.39 is 0 Å². The summed E-state index contributed by atoms with van der Waals surface area (Å²) < 4.78 is 1.41. The summed E-state index contributed by atoms with van der Waals surface area (Å²) in [5.41, 5.74) is 3.10. The number of nitrogens with zero attached hydrogens (tertiary/aromatic N) is 3. The number of fused-ring (bicyclic) bond motifs is 1. The molecule has 0 unspecified atom stereocenters. The molecule has 1 fully saturated rings. The van der Waals surface area contributed by atoms with Crippen molar-refractivity contribution in [2.45, 2.75) is 6.92 Å². The van der Waals surface area contributed by atoms with Crippen molar-refractivity contribution in [2.24, 2.45) is 7.05 Å². The zero-order chi connectivity index (χ0) is 20.5. The number of carbonyl (C=O) groups is 1. The smallest absolute Gasteiger partial charge is 0.272 e. The number of rotatable bonds is 3. The van der Waals surface area contributed by atoms with Gasteiger partial charge in [-0.05, 0) is 55.3 Å². The summed E-state index contributed by atoms with van der Waals surface area (Å²) in [7, 11) is 3.77. The highest BCUT2D eigenvalue weighted by molar-refractivity contribution is 6.05. The summed E-state index contributed by atoms with van der Waals surface area (Å²) in [4.78, 5) is 30.2. The van der Waals surface area contributed by atoms with E-state index in [2.05, 4.69) is 28.2 Å². The lowest BCUT2D eigenvalue weighted by Gasteiger charge is -2.34. The number of piperazine rings is 1. The lowest BCUT2D eigenvalue weighted by Crippen LogP contribution is -2.44. The fraction of sp³-hybridized carbons (Fsp3) is 0.304. The molecule has 1 aliphatic heterocycles. The van der Waals surface area contributed by atoms with E-state index in [1.54, 1.807) is 19.2 Å². The van der Waals surface area contributed by atoms with Gasteiger partial charge in [-0.25, -0.2) is 0 Å². The molecule has 0 spiro atoms. The van der Waals surface area contributed by atoms with Gasteiger partial charge in [-0.3, -0.25) is 9.59 Å². The first-order valence-corrected chi connectivity index (χ1v) is 9.88. The molecule has 6 nitrogen and oxygen atoms in total. The van der Waals surface area contributed by atoms with Crippen molar-refractivity contribution in [2.75, 3.05) is 43.4 Å². The Morgan fingerprint density at radius 1 is 0.966 bits per heavy atom. The van der Waals surface area contributed by atoms with E-state index in [0.717, 1.165) is 42.8 Å². The number of aryl methyl sites for hydroxylation is 1. The first-order chi connectivity index (χ1) is 13.9. The van der Waals surface area contributed by atoms with Crippen molar-refractivity contribution in [1.29, 1.82) is 0 Å². The Labute approximate surface area is 170 Å². The zero-order valence-electron chi connectivity index (χ0n) is 17.1. The van der Waals surface area contributed by atoms with E-state index in [1.807, 2.05) is 37.3 Å². The van der Waals surface area contributed by atoms with Crippen LogP contribution in [0.25, 0.3) is 10.8 Å². The summed E-state index contributed by atoms with van der Waals surface area (Å²) in [6, 6.07) is 15.2. The second-order valence-corrected chi connectivity index (χ2v) is 7.72. The van der Waals surface area contributed by atoms with Crippen molar-refractivity contribution >= 4 is 28.1 Å². The molecule has 1 N–H and O–H groups in total. The predicted octanol–water partition coefficient (Wildman–Crippen LogP) is 2.85. The first kappa shape index (κ1) is 19.2.